The molecule has 4 aromatic rings. The van der Waals surface area contributed by atoms with E-state index in [1.165, 1.54) is 11.1 Å². The molecule has 1 N–H and O–H groups in total. The zero-order chi connectivity index (χ0) is 20.9. The van der Waals surface area contributed by atoms with Gasteiger partial charge >= 0.3 is 0 Å². The molecule has 30 heavy (non-hydrogen) atoms. The summed E-state index contributed by atoms with van der Waals surface area (Å²) >= 11 is 0. The highest BCUT2D eigenvalue weighted by Crippen LogP contribution is 2.19. The van der Waals surface area contributed by atoms with E-state index in [1.54, 1.807) is 0 Å². The SMILES string of the molecule is CCc1ccc(NC(=O)Cn2c(COc3ccc(C)cc3)nc3ccccc32)cc1. The second-order valence-electron chi connectivity index (χ2n) is 7.30. The van der Waals surface area contributed by atoms with Crippen molar-refractivity contribution >= 4 is 22.6 Å². The topological polar surface area (TPSA) is 56.2 Å². The first kappa shape index (κ1) is 19.7. The van der Waals surface area contributed by atoms with Gasteiger partial charge in [0.1, 0.15) is 24.7 Å². The molecule has 0 spiro atoms. The number of anilines is 1. The second kappa shape index (κ2) is 8.82. The van der Waals surface area contributed by atoms with E-state index in [-0.39, 0.29) is 19.1 Å². The number of para-hydroxylation sites is 2. The Morgan fingerprint density at radius 1 is 1.00 bits per heavy atom. The molecule has 5 nitrogen and oxygen atoms in total. The third-order valence-corrected chi connectivity index (χ3v) is 5.07. The van der Waals surface area contributed by atoms with Gasteiger partial charge in [0.2, 0.25) is 5.91 Å². The number of amides is 1. The Hall–Kier alpha value is -3.60. The molecular formula is C25H25N3O2. The van der Waals surface area contributed by atoms with Crippen LogP contribution in [0.5, 0.6) is 5.75 Å². The molecule has 0 aliphatic heterocycles. The van der Waals surface area contributed by atoms with Crippen LogP contribution in [0.15, 0.2) is 72.8 Å². The molecule has 152 valence electrons. The standard InChI is InChI=1S/C25H25N3O2/c1-3-19-10-12-20(13-11-19)26-25(29)16-28-23-7-5-4-6-22(23)27-24(28)17-30-21-14-8-18(2)9-15-21/h4-15H,3,16-17H2,1-2H3,(H,26,29). The van der Waals surface area contributed by atoms with E-state index < -0.39 is 0 Å². The van der Waals surface area contributed by atoms with E-state index in [0.717, 1.165) is 28.9 Å². The number of hydrogen-bond acceptors (Lipinski definition) is 3. The first-order chi connectivity index (χ1) is 14.6. The van der Waals surface area contributed by atoms with Gasteiger partial charge in [-0.25, -0.2) is 4.98 Å². The van der Waals surface area contributed by atoms with Crippen LogP contribution in [0.25, 0.3) is 11.0 Å². The van der Waals surface area contributed by atoms with Crippen LogP contribution in [-0.2, 0) is 24.4 Å². The molecule has 0 atom stereocenters. The van der Waals surface area contributed by atoms with Crippen LogP contribution in [0.1, 0.15) is 23.9 Å². The second-order valence-corrected chi connectivity index (χ2v) is 7.30. The zero-order valence-electron chi connectivity index (χ0n) is 17.3. The van der Waals surface area contributed by atoms with E-state index in [0.29, 0.717) is 5.82 Å². The fourth-order valence-corrected chi connectivity index (χ4v) is 3.36. The largest absolute Gasteiger partial charge is 0.486 e. The number of carbonyl (C=O) groups excluding carboxylic acids is 1. The highest BCUT2D eigenvalue weighted by atomic mass is 16.5. The molecule has 1 heterocycles. The van der Waals surface area contributed by atoms with Crippen molar-refractivity contribution in [2.24, 2.45) is 0 Å². The molecule has 0 aliphatic rings. The molecular weight excluding hydrogens is 374 g/mol. The first-order valence-corrected chi connectivity index (χ1v) is 10.1. The van der Waals surface area contributed by atoms with Crippen molar-refractivity contribution in [1.29, 1.82) is 0 Å². The lowest BCUT2D eigenvalue weighted by Gasteiger charge is -2.11. The average Bonchev–Trinajstić information content (AvgIpc) is 3.11. The Morgan fingerprint density at radius 3 is 2.47 bits per heavy atom. The summed E-state index contributed by atoms with van der Waals surface area (Å²) in [5.74, 6) is 1.40. The van der Waals surface area contributed by atoms with Gasteiger partial charge in [0, 0.05) is 5.69 Å². The number of aromatic nitrogens is 2. The third kappa shape index (κ3) is 4.51. The molecule has 0 unspecified atom stereocenters. The summed E-state index contributed by atoms with van der Waals surface area (Å²) < 4.78 is 7.84. The van der Waals surface area contributed by atoms with Gasteiger partial charge in [-0.2, -0.15) is 0 Å². The van der Waals surface area contributed by atoms with Crippen LogP contribution < -0.4 is 10.1 Å². The van der Waals surface area contributed by atoms with Crippen LogP contribution in [-0.4, -0.2) is 15.5 Å². The molecule has 0 saturated carbocycles. The Labute approximate surface area is 176 Å². The summed E-state index contributed by atoms with van der Waals surface area (Å²) in [7, 11) is 0. The lowest BCUT2D eigenvalue weighted by molar-refractivity contribution is -0.116. The number of rotatable bonds is 7. The number of fused-ring (bicyclic) bond motifs is 1. The molecule has 1 amide bonds. The highest BCUT2D eigenvalue weighted by Gasteiger charge is 2.14. The molecule has 3 aromatic carbocycles. The van der Waals surface area contributed by atoms with Crippen molar-refractivity contribution in [1.82, 2.24) is 9.55 Å². The summed E-state index contributed by atoms with van der Waals surface area (Å²) in [6.07, 6.45) is 0.972. The Balaban J connectivity index is 1.53. The molecule has 0 aliphatic carbocycles. The van der Waals surface area contributed by atoms with Crippen LogP contribution >= 0.6 is 0 Å². The summed E-state index contributed by atoms with van der Waals surface area (Å²) in [5, 5.41) is 2.98. The monoisotopic (exact) mass is 399 g/mol. The van der Waals surface area contributed by atoms with Crippen LogP contribution in [0, 0.1) is 6.92 Å². The van der Waals surface area contributed by atoms with Crippen LogP contribution in [0.3, 0.4) is 0 Å². The number of aryl methyl sites for hydroxylation is 2. The Morgan fingerprint density at radius 2 is 1.73 bits per heavy atom. The van der Waals surface area contributed by atoms with Crippen LogP contribution in [0.2, 0.25) is 0 Å². The van der Waals surface area contributed by atoms with E-state index in [4.69, 9.17) is 4.74 Å². The molecule has 0 fully saturated rings. The minimum absolute atomic E-state index is 0.0982. The molecule has 0 saturated heterocycles. The van der Waals surface area contributed by atoms with E-state index in [2.05, 4.69) is 17.2 Å². The lowest BCUT2D eigenvalue weighted by atomic mass is 10.1. The normalized spacial score (nSPS) is 10.9. The smallest absolute Gasteiger partial charge is 0.244 e. The minimum Gasteiger partial charge on any atom is -0.486 e. The molecule has 0 bridgehead atoms. The van der Waals surface area contributed by atoms with Crippen molar-refractivity contribution < 1.29 is 9.53 Å². The lowest BCUT2D eigenvalue weighted by Crippen LogP contribution is -2.20. The fraction of sp³-hybridized carbons (Fsp3) is 0.200. The highest BCUT2D eigenvalue weighted by molar-refractivity contribution is 5.91. The average molecular weight is 399 g/mol. The number of nitrogens with one attached hydrogen (secondary N) is 1. The van der Waals surface area contributed by atoms with Crippen molar-refractivity contribution in [2.75, 3.05) is 5.32 Å². The van der Waals surface area contributed by atoms with Crippen molar-refractivity contribution in [2.45, 2.75) is 33.4 Å². The number of ether oxygens (including phenoxy) is 1. The van der Waals surface area contributed by atoms with E-state index >= 15 is 0 Å². The summed E-state index contributed by atoms with van der Waals surface area (Å²) in [6.45, 7) is 4.61. The number of hydrogen-bond donors (Lipinski definition) is 1. The Kier molecular flexibility index (Phi) is 5.80. The minimum atomic E-state index is -0.0982. The van der Waals surface area contributed by atoms with Gasteiger partial charge in [0.25, 0.3) is 0 Å². The first-order valence-electron chi connectivity index (χ1n) is 10.1. The summed E-state index contributed by atoms with van der Waals surface area (Å²) in [4.78, 5) is 17.4. The molecule has 0 radical (unpaired) electrons. The molecule has 1 aromatic heterocycles. The van der Waals surface area contributed by atoms with Gasteiger partial charge in [0.05, 0.1) is 11.0 Å². The van der Waals surface area contributed by atoms with Gasteiger partial charge in [0.15, 0.2) is 0 Å². The third-order valence-electron chi connectivity index (χ3n) is 5.07. The maximum Gasteiger partial charge on any atom is 0.244 e. The number of nitrogens with zero attached hydrogens (tertiary/aromatic N) is 2. The van der Waals surface area contributed by atoms with Crippen molar-refractivity contribution in [3.8, 4) is 5.75 Å². The van der Waals surface area contributed by atoms with Gasteiger partial charge in [-0.15, -0.1) is 0 Å². The maximum absolute atomic E-state index is 12.7. The van der Waals surface area contributed by atoms with E-state index in [9.17, 15) is 4.79 Å². The van der Waals surface area contributed by atoms with Crippen molar-refractivity contribution in [3.05, 3.63) is 89.7 Å². The molecule has 4 rings (SSSR count). The summed E-state index contributed by atoms with van der Waals surface area (Å²) in [6, 6.07) is 23.6. The van der Waals surface area contributed by atoms with Crippen LogP contribution in [0.4, 0.5) is 5.69 Å². The van der Waals surface area contributed by atoms with Gasteiger partial charge in [-0.1, -0.05) is 48.9 Å². The number of imidazole rings is 1. The van der Waals surface area contributed by atoms with E-state index in [1.807, 2.05) is 84.3 Å². The Bertz CT molecular complexity index is 1150. The van der Waals surface area contributed by atoms with Gasteiger partial charge in [-0.3, -0.25) is 4.79 Å². The predicted molar refractivity (Wildman–Crippen MR) is 120 cm³/mol. The summed E-state index contributed by atoms with van der Waals surface area (Å²) in [5.41, 5.74) is 4.97. The maximum atomic E-state index is 12.7. The number of benzene rings is 3. The zero-order valence-corrected chi connectivity index (χ0v) is 17.3. The van der Waals surface area contributed by atoms with Gasteiger partial charge < -0.3 is 14.6 Å². The quantitative estimate of drug-likeness (QED) is 0.469. The molecule has 5 heteroatoms. The van der Waals surface area contributed by atoms with Gasteiger partial charge in [-0.05, 0) is 55.3 Å². The predicted octanol–water partition coefficient (Wildman–Crippen LogP) is 5.12. The van der Waals surface area contributed by atoms with Crippen molar-refractivity contribution in [3.63, 3.8) is 0 Å². The fourth-order valence-electron chi connectivity index (χ4n) is 3.36. The number of carbonyl (C=O) groups is 1.